The molecule has 0 atom stereocenters. The number of nitro groups is 1. The molecule has 0 heterocycles. The van der Waals surface area contributed by atoms with Crippen LogP contribution >= 0.6 is 23.4 Å². The first-order valence-electron chi connectivity index (χ1n) is 11.4. The molecule has 8 nitrogen and oxygen atoms in total. The number of benzene rings is 3. The first-order chi connectivity index (χ1) is 17.9. The number of nitrogens with zero attached hydrogens (tertiary/aromatic N) is 2. The molecule has 1 amide bonds. The number of carbonyl (C=O) groups excluding carboxylic acids is 1. The summed E-state index contributed by atoms with van der Waals surface area (Å²) in [7, 11) is 0. The van der Waals surface area contributed by atoms with Gasteiger partial charge >= 0.3 is 0 Å². The van der Waals surface area contributed by atoms with E-state index < -0.39 is 4.92 Å². The second kappa shape index (κ2) is 14.1. The molecule has 3 rings (SSSR count). The van der Waals surface area contributed by atoms with Gasteiger partial charge in [-0.3, -0.25) is 14.9 Å². The van der Waals surface area contributed by atoms with Gasteiger partial charge in [0.05, 0.1) is 23.5 Å². The lowest BCUT2D eigenvalue weighted by Crippen LogP contribution is -2.19. The maximum Gasteiger partial charge on any atom is 0.269 e. The Kier molecular flexibility index (Phi) is 10.5. The lowest BCUT2D eigenvalue weighted by atomic mass is 10.1. The third-order valence-electron chi connectivity index (χ3n) is 4.91. The molecule has 0 aliphatic carbocycles. The van der Waals surface area contributed by atoms with Crippen LogP contribution in [0.25, 0.3) is 0 Å². The molecule has 0 unspecified atom stereocenters. The highest BCUT2D eigenvalue weighted by molar-refractivity contribution is 8.00. The van der Waals surface area contributed by atoms with Crippen molar-refractivity contribution in [3.63, 3.8) is 0 Å². The fraction of sp³-hybridized carbons (Fsp3) is 0.185. The summed E-state index contributed by atoms with van der Waals surface area (Å²) in [5.41, 5.74) is 4.69. The number of hydrogen-bond donors (Lipinski definition) is 1. The predicted molar refractivity (Wildman–Crippen MR) is 147 cm³/mol. The smallest absolute Gasteiger partial charge is 0.269 e. The summed E-state index contributed by atoms with van der Waals surface area (Å²) in [5.74, 6) is 0.978. The molecule has 0 radical (unpaired) electrons. The van der Waals surface area contributed by atoms with Gasteiger partial charge in [-0.25, -0.2) is 5.43 Å². The van der Waals surface area contributed by atoms with Gasteiger partial charge in [-0.05, 0) is 60.9 Å². The van der Waals surface area contributed by atoms with E-state index in [1.54, 1.807) is 36.4 Å². The van der Waals surface area contributed by atoms with Gasteiger partial charge in [0, 0.05) is 27.6 Å². The molecule has 3 aromatic carbocycles. The molecule has 0 aliphatic rings. The van der Waals surface area contributed by atoms with Gasteiger partial charge in [-0.15, -0.1) is 18.3 Å². The van der Waals surface area contributed by atoms with E-state index in [4.69, 9.17) is 21.1 Å². The quantitative estimate of drug-likeness (QED) is 0.0912. The number of thioether (sulfide) groups is 1. The minimum absolute atomic E-state index is 0.00220. The number of hydrazone groups is 1. The molecule has 37 heavy (non-hydrogen) atoms. The summed E-state index contributed by atoms with van der Waals surface area (Å²) in [6.45, 7) is 6.20. The van der Waals surface area contributed by atoms with Crippen LogP contribution in [0.3, 0.4) is 0 Å². The van der Waals surface area contributed by atoms with Gasteiger partial charge in [0.25, 0.3) is 5.69 Å². The third-order valence-corrected chi connectivity index (χ3v) is 6.17. The van der Waals surface area contributed by atoms with Crippen LogP contribution in [-0.2, 0) is 17.8 Å². The zero-order valence-electron chi connectivity index (χ0n) is 20.2. The van der Waals surface area contributed by atoms with Crippen molar-refractivity contribution in [1.29, 1.82) is 0 Å². The minimum atomic E-state index is -0.443. The normalized spacial score (nSPS) is 10.8. The zero-order chi connectivity index (χ0) is 26.6. The van der Waals surface area contributed by atoms with Crippen molar-refractivity contribution in [2.75, 3.05) is 12.4 Å². The lowest BCUT2D eigenvalue weighted by molar-refractivity contribution is -0.384. The van der Waals surface area contributed by atoms with Crippen LogP contribution in [0.15, 0.2) is 83.3 Å². The Balaban J connectivity index is 1.70. The maximum atomic E-state index is 12.2. The van der Waals surface area contributed by atoms with E-state index in [-0.39, 0.29) is 24.0 Å². The highest BCUT2D eigenvalue weighted by Gasteiger charge is 2.14. The second-order valence-electron chi connectivity index (χ2n) is 7.68. The molecular formula is C27H26ClN3O5S. The standard InChI is InChI=1S/C27H26ClN3O5S/c1-3-6-21-13-20(16-29-30-26(32)18-37-24-11-9-22(28)10-12-24)15-25(35-4-2)27(21)36-17-19-7-5-8-23(14-19)31(33)34/h3,5,7-16H,1,4,6,17-18H2,2H3,(H,30,32)/b29-16-. The van der Waals surface area contributed by atoms with Crippen LogP contribution < -0.4 is 14.9 Å². The fourth-order valence-electron chi connectivity index (χ4n) is 3.30. The van der Waals surface area contributed by atoms with Gasteiger partial charge in [-0.2, -0.15) is 5.10 Å². The second-order valence-corrected chi connectivity index (χ2v) is 9.17. The monoisotopic (exact) mass is 539 g/mol. The van der Waals surface area contributed by atoms with Crippen LogP contribution in [0.5, 0.6) is 11.5 Å². The Morgan fingerprint density at radius 3 is 2.68 bits per heavy atom. The van der Waals surface area contributed by atoms with E-state index in [0.29, 0.717) is 40.7 Å². The Bertz CT molecular complexity index is 1280. The summed E-state index contributed by atoms with van der Waals surface area (Å²) in [6, 6.07) is 17.2. The van der Waals surface area contributed by atoms with E-state index in [1.807, 2.05) is 25.1 Å². The average Bonchev–Trinajstić information content (AvgIpc) is 2.88. The summed E-state index contributed by atoms with van der Waals surface area (Å²) in [4.78, 5) is 23.7. The van der Waals surface area contributed by atoms with Crippen molar-refractivity contribution >= 4 is 41.2 Å². The van der Waals surface area contributed by atoms with Crippen LogP contribution in [0.1, 0.15) is 23.6 Å². The van der Waals surface area contributed by atoms with Crippen LogP contribution in [-0.4, -0.2) is 29.4 Å². The number of nitro benzene ring substituents is 1. The van der Waals surface area contributed by atoms with E-state index in [2.05, 4.69) is 17.1 Å². The number of hydrogen-bond acceptors (Lipinski definition) is 7. The molecule has 192 valence electrons. The maximum absolute atomic E-state index is 12.2. The fourth-order valence-corrected chi connectivity index (χ4v) is 4.11. The number of halogens is 1. The molecule has 0 aromatic heterocycles. The molecule has 0 spiro atoms. The van der Waals surface area contributed by atoms with E-state index in [9.17, 15) is 14.9 Å². The van der Waals surface area contributed by atoms with Gasteiger partial charge in [0.15, 0.2) is 11.5 Å². The molecule has 0 fully saturated rings. The molecule has 0 saturated carbocycles. The summed E-state index contributed by atoms with van der Waals surface area (Å²) in [5, 5.41) is 15.8. The van der Waals surface area contributed by atoms with Crippen molar-refractivity contribution in [1.82, 2.24) is 5.43 Å². The van der Waals surface area contributed by atoms with Crippen molar-refractivity contribution < 1.29 is 19.2 Å². The number of nitrogens with one attached hydrogen (secondary N) is 1. The van der Waals surface area contributed by atoms with Crippen LogP contribution in [0, 0.1) is 10.1 Å². The van der Waals surface area contributed by atoms with Crippen molar-refractivity contribution in [3.8, 4) is 11.5 Å². The van der Waals surface area contributed by atoms with Gasteiger partial charge in [-0.1, -0.05) is 29.8 Å². The number of rotatable bonds is 13. The summed E-state index contributed by atoms with van der Waals surface area (Å²) < 4.78 is 11.9. The van der Waals surface area contributed by atoms with E-state index in [1.165, 1.54) is 30.1 Å². The number of allylic oxidation sites excluding steroid dienone is 1. The Hall–Kier alpha value is -3.82. The Morgan fingerprint density at radius 2 is 1.97 bits per heavy atom. The summed E-state index contributed by atoms with van der Waals surface area (Å²) >= 11 is 7.26. The van der Waals surface area contributed by atoms with Gasteiger partial charge in [0.1, 0.15) is 6.61 Å². The number of amides is 1. The molecule has 0 aliphatic heterocycles. The molecule has 3 aromatic rings. The van der Waals surface area contributed by atoms with Crippen LogP contribution in [0.2, 0.25) is 5.02 Å². The van der Waals surface area contributed by atoms with Gasteiger partial charge < -0.3 is 9.47 Å². The van der Waals surface area contributed by atoms with E-state index in [0.717, 1.165) is 10.5 Å². The SMILES string of the molecule is C=CCc1cc(/C=N\NC(=O)CSc2ccc(Cl)cc2)cc(OCC)c1OCc1cccc([N+](=O)[O-])c1. The first-order valence-corrected chi connectivity index (χ1v) is 12.7. The lowest BCUT2D eigenvalue weighted by Gasteiger charge is -2.16. The van der Waals surface area contributed by atoms with Crippen molar-refractivity contribution in [2.24, 2.45) is 5.10 Å². The van der Waals surface area contributed by atoms with Crippen molar-refractivity contribution in [2.45, 2.75) is 24.8 Å². The minimum Gasteiger partial charge on any atom is -0.490 e. The van der Waals surface area contributed by atoms with Gasteiger partial charge in [0.2, 0.25) is 5.91 Å². The summed E-state index contributed by atoms with van der Waals surface area (Å²) in [6.07, 6.45) is 3.77. The molecule has 0 saturated heterocycles. The molecular weight excluding hydrogens is 514 g/mol. The number of carbonyl (C=O) groups is 1. The number of non-ortho nitro benzene ring substituents is 1. The largest absolute Gasteiger partial charge is 0.490 e. The topological polar surface area (TPSA) is 103 Å². The molecule has 0 bridgehead atoms. The first kappa shape index (κ1) is 27.8. The average molecular weight is 540 g/mol. The highest BCUT2D eigenvalue weighted by atomic mass is 35.5. The third kappa shape index (κ3) is 8.66. The molecule has 10 heteroatoms. The number of ether oxygens (including phenoxy) is 2. The predicted octanol–water partition coefficient (Wildman–Crippen LogP) is 6.20. The van der Waals surface area contributed by atoms with Crippen molar-refractivity contribution in [3.05, 3.63) is 105 Å². The van der Waals surface area contributed by atoms with E-state index >= 15 is 0 Å². The zero-order valence-corrected chi connectivity index (χ0v) is 21.8. The Labute approximate surface area is 224 Å². The highest BCUT2D eigenvalue weighted by Crippen LogP contribution is 2.34. The molecule has 1 N–H and O–H groups in total. The van der Waals surface area contributed by atoms with Crippen LogP contribution in [0.4, 0.5) is 5.69 Å². The Morgan fingerprint density at radius 1 is 1.19 bits per heavy atom.